The van der Waals surface area contributed by atoms with Gasteiger partial charge in [-0.15, -0.1) is 0 Å². The number of ether oxygens (including phenoxy) is 2. The highest BCUT2D eigenvalue weighted by atomic mass is 16.6. The molecule has 3 N–H and O–H groups in total. The number of carbonyl (C=O) groups is 2. The number of hydrogen-bond acceptors (Lipinski definition) is 5. The minimum absolute atomic E-state index is 0.0457. The summed E-state index contributed by atoms with van der Waals surface area (Å²) in [6.07, 6.45) is 0. The summed E-state index contributed by atoms with van der Waals surface area (Å²) in [5.74, 6) is -1.27. The molecular weight excluding hydrogens is 300 g/mol. The van der Waals surface area contributed by atoms with E-state index >= 15 is 0 Å². The molecule has 0 spiro atoms. The zero-order valence-corrected chi connectivity index (χ0v) is 12.9. The number of aromatic hydroxyl groups is 1. The van der Waals surface area contributed by atoms with Crippen LogP contribution in [0, 0.1) is 5.92 Å². The second kappa shape index (κ2) is 7.64. The molecule has 1 aliphatic rings. The molecule has 1 aromatic rings. The fourth-order valence-electron chi connectivity index (χ4n) is 2.39. The van der Waals surface area contributed by atoms with Crippen molar-refractivity contribution in [3.63, 3.8) is 0 Å². The lowest BCUT2D eigenvalue weighted by molar-refractivity contribution is -0.150. The number of esters is 1. The number of benzene rings is 1. The van der Waals surface area contributed by atoms with Gasteiger partial charge in [-0.05, 0) is 24.6 Å². The van der Waals surface area contributed by atoms with Crippen LogP contribution in [0.4, 0.5) is 4.79 Å². The Labute approximate surface area is 134 Å². The number of phenols is 1. The van der Waals surface area contributed by atoms with E-state index in [1.54, 1.807) is 12.1 Å². The first-order chi connectivity index (χ1) is 11.0. The molecule has 0 aliphatic carbocycles. The number of rotatable bonds is 6. The summed E-state index contributed by atoms with van der Waals surface area (Å²) in [4.78, 5) is 24.0. The van der Waals surface area contributed by atoms with Crippen LogP contribution in [-0.2, 0) is 14.3 Å². The van der Waals surface area contributed by atoms with E-state index in [1.165, 1.54) is 12.1 Å². The van der Waals surface area contributed by atoms with Crippen LogP contribution in [-0.4, -0.2) is 36.9 Å². The molecule has 1 saturated heterocycles. The summed E-state index contributed by atoms with van der Waals surface area (Å²) < 4.78 is 10.3. The van der Waals surface area contributed by atoms with Gasteiger partial charge in [-0.25, -0.2) is 4.79 Å². The smallest absolute Gasteiger partial charge is 0.319 e. The summed E-state index contributed by atoms with van der Waals surface area (Å²) in [5.41, 5.74) is 0.844. The Bertz CT molecular complexity index is 602. The second-order valence-electron chi connectivity index (χ2n) is 5.04. The lowest BCUT2D eigenvalue weighted by Gasteiger charge is -2.33. The first kappa shape index (κ1) is 16.8. The maximum atomic E-state index is 12.4. The van der Waals surface area contributed by atoms with Gasteiger partial charge in [0.1, 0.15) is 18.3 Å². The molecule has 7 heteroatoms. The van der Waals surface area contributed by atoms with Crippen LogP contribution in [0.1, 0.15) is 18.5 Å². The van der Waals surface area contributed by atoms with Gasteiger partial charge in [0, 0.05) is 12.3 Å². The molecule has 23 heavy (non-hydrogen) atoms. The summed E-state index contributed by atoms with van der Waals surface area (Å²) in [6, 6.07) is 5.23. The Morgan fingerprint density at radius 2 is 2.17 bits per heavy atom. The molecule has 0 radical (unpaired) electrons. The summed E-state index contributed by atoms with van der Waals surface area (Å²) >= 11 is 0. The Morgan fingerprint density at radius 3 is 2.87 bits per heavy atom. The molecule has 0 aromatic heterocycles. The minimum atomic E-state index is -0.795. The van der Waals surface area contributed by atoms with E-state index in [-0.39, 0.29) is 18.1 Å². The zero-order valence-electron chi connectivity index (χ0n) is 12.9. The van der Waals surface area contributed by atoms with Gasteiger partial charge < -0.3 is 25.2 Å². The molecule has 1 fully saturated rings. The molecule has 1 heterocycles. The maximum absolute atomic E-state index is 12.4. The van der Waals surface area contributed by atoms with E-state index in [1.807, 2.05) is 6.92 Å². The van der Waals surface area contributed by atoms with Gasteiger partial charge in [0.15, 0.2) is 0 Å². The van der Waals surface area contributed by atoms with Gasteiger partial charge in [-0.1, -0.05) is 18.7 Å². The molecule has 2 rings (SSSR count). The van der Waals surface area contributed by atoms with Crippen molar-refractivity contribution in [3.05, 3.63) is 42.1 Å². The SMILES string of the molecule is C=C1NC(=O)N[C@@H](c2cccc(O)c2)[C@@H]1C(=O)OCCOCC. The van der Waals surface area contributed by atoms with Crippen molar-refractivity contribution in [2.75, 3.05) is 19.8 Å². The van der Waals surface area contributed by atoms with Gasteiger partial charge >= 0.3 is 12.0 Å². The predicted octanol–water partition coefficient (Wildman–Crippen LogP) is 1.46. The normalized spacial score (nSPS) is 20.6. The Hall–Kier alpha value is -2.54. The van der Waals surface area contributed by atoms with Crippen molar-refractivity contribution < 1.29 is 24.2 Å². The fraction of sp³-hybridized carbons (Fsp3) is 0.375. The van der Waals surface area contributed by atoms with E-state index in [2.05, 4.69) is 17.2 Å². The first-order valence-electron chi connectivity index (χ1n) is 7.32. The molecular formula is C16H20N2O5. The van der Waals surface area contributed by atoms with E-state index in [9.17, 15) is 14.7 Å². The third-order valence-electron chi connectivity index (χ3n) is 3.43. The average Bonchev–Trinajstić information content (AvgIpc) is 2.50. The number of phenolic OH excluding ortho intramolecular Hbond substituents is 1. The van der Waals surface area contributed by atoms with Crippen LogP contribution >= 0.6 is 0 Å². The third-order valence-corrected chi connectivity index (χ3v) is 3.43. The summed E-state index contributed by atoms with van der Waals surface area (Å²) in [5, 5.41) is 14.8. The number of amides is 2. The maximum Gasteiger partial charge on any atom is 0.319 e. The fourth-order valence-corrected chi connectivity index (χ4v) is 2.39. The van der Waals surface area contributed by atoms with Gasteiger partial charge in [0.2, 0.25) is 0 Å². The van der Waals surface area contributed by atoms with Crippen LogP contribution < -0.4 is 10.6 Å². The summed E-state index contributed by atoms with van der Waals surface area (Å²) in [7, 11) is 0. The van der Waals surface area contributed by atoms with E-state index < -0.39 is 24.0 Å². The quantitative estimate of drug-likeness (QED) is 0.544. The lowest BCUT2D eigenvalue weighted by atomic mass is 9.89. The number of urea groups is 1. The second-order valence-corrected chi connectivity index (χ2v) is 5.04. The van der Waals surface area contributed by atoms with Crippen molar-refractivity contribution in [2.24, 2.45) is 5.92 Å². The molecule has 0 unspecified atom stereocenters. The number of nitrogens with one attached hydrogen (secondary N) is 2. The third kappa shape index (κ3) is 4.23. The molecule has 1 aromatic carbocycles. The largest absolute Gasteiger partial charge is 0.508 e. The Balaban J connectivity index is 2.16. The average molecular weight is 320 g/mol. The number of carbonyl (C=O) groups excluding carboxylic acids is 2. The topological polar surface area (TPSA) is 96.9 Å². The van der Waals surface area contributed by atoms with E-state index in [4.69, 9.17) is 9.47 Å². The Morgan fingerprint density at radius 1 is 1.39 bits per heavy atom. The van der Waals surface area contributed by atoms with Crippen molar-refractivity contribution in [2.45, 2.75) is 13.0 Å². The van der Waals surface area contributed by atoms with Crippen LogP contribution in [0.5, 0.6) is 5.75 Å². The molecule has 2 atom stereocenters. The molecule has 1 aliphatic heterocycles. The highest BCUT2D eigenvalue weighted by molar-refractivity contribution is 5.85. The highest BCUT2D eigenvalue weighted by Crippen LogP contribution is 2.31. The van der Waals surface area contributed by atoms with Gasteiger partial charge in [-0.2, -0.15) is 0 Å². The molecule has 2 amide bonds. The van der Waals surface area contributed by atoms with Gasteiger partial charge in [-0.3, -0.25) is 4.79 Å². The predicted molar refractivity (Wildman–Crippen MR) is 82.6 cm³/mol. The molecule has 0 saturated carbocycles. The van der Waals surface area contributed by atoms with Crippen molar-refractivity contribution in [3.8, 4) is 5.75 Å². The Kier molecular flexibility index (Phi) is 5.59. The van der Waals surface area contributed by atoms with E-state index in [0.29, 0.717) is 18.8 Å². The molecule has 124 valence electrons. The van der Waals surface area contributed by atoms with Crippen LogP contribution in [0.25, 0.3) is 0 Å². The summed E-state index contributed by atoms with van der Waals surface area (Å²) in [6.45, 7) is 6.56. The van der Waals surface area contributed by atoms with Crippen molar-refractivity contribution >= 4 is 12.0 Å². The zero-order chi connectivity index (χ0) is 16.8. The first-order valence-corrected chi connectivity index (χ1v) is 7.32. The van der Waals surface area contributed by atoms with Crippen molar-refractivity contribution in [1.29, 1.82) is 0 Å². The molecule has 7 nitrogen and oxygen atoms in total. The van der Waals surface area contributed by atoms with Crippen molar-refractivity contribution in [1.82, 2.24) is 10.6 Å². The standard InChI is InChI=1S/C16H20N2O5/c1-3-22-7-8-23-15(20)13-10(2)17-16(21)18-14(13)11-5-4-6-12(19)9-11/h4-6,9,13-14,19H,2-3,7-8H2,1H3,(H2,17,18,21)/t13-,14+/m1/s1. The number of hydrogen-bond donors (Lipinski definition) is 3. The monoisotopic (exact) mass is 320 g/mol. The lowest BCUT2D eigenvalue weighted by Crippen LogP contribution is -2.51. The highest BCUT2D eigenvalue weighted by Gasteiger charge is 2.38. The van der Waals surface area contributed by atoms with Crippen LogP contribution in [0.15, 0.2) is 36.5 Å². The van der Waals surface area contributed by atoms with E-state index in [0.717, 1.165) is 0 Å². The minimum Gasteiger partial charge on any atom is -0.508 e. The van der Waals surface area contributed by atoms with Crippen LogP contribution in [0.2, 0.25) is 0 Å². The van der Waals surface area contributed by atoms with Crippen LogP contribution in [0.3, 0.4) is 0 Å². The molecule has 0 bridgehead atoms. The van der Waals surface area contributed by atoms with Gasteiger partial charge in [0.25, 0.3) is 0 Å². The van der Waals surface area contributed by atoms with Gasteiger partial charge in [0.05, 0.1) is 12.6 Å².